The van der Waals surface area contributed by atoms with E-state index in [1.165, 1.54) is 7.11 Å². The predicted octanol–water partition coefficient (Wildman–Crippen LogP) is 2.61. The number of aliphatic hydroxyl groups is 1. The number of hydrogen-bond acceptors (Lipinski definition) is 4. The molecule has 2 unspecified atom stereocenters. The van der Waals surface area contributed by atoms with Gasteiger partial charge in [0.05, 0.1) is 7.11 Å². The monoisotopic (exact) mass is 276 g/mol. The van der Waals surface area contributed by atoms with Crippen LogP contribution in [0.25, 0.3) is 0 Å². The highest BCUT2D eigenvalue weighted by Gasteiger charge is 2.28. The van der Waals surface area contributed by atoms with Crippen LogP contribution < -0.4 is 0 Å². The first-order chi connectivity index (χ1) is 9.22. The van der Waals surface area contributed by atoms with Gasteiger partial charge in [0.2, 0.25) is 0 Å². The molecule has 0 spiro atoms. The van der Waals surface area contributed by atoms with Gasteiger partial charge in [-0.2, -0.15) is 11.3 Å². The van der Waals surface area contributed by atoms with Gasteiger partial charge in [0.1, 0.15) is 0 Å². The van der Waals surface area contributed by atoms with Gasteiger partial charge in [-0.1, -0.05) is 30.3 Å². The second-order valence-electron chi connectivity index (χ2n) is 4.32. The molecule has 1 N–H and O–H groups in total. The molecule has 0 radical (unpaired) electrons. The number of carbonyl (C=O) groups excluding carboxylic acids is 1. The van der Waals surface area contributed by atoms with Crippen molar-refractivity contribution in [3.8, 4) is 0 Å². The van der Waals surface area contributed by atoms with E-state index in [9.17, 15) is 9.90 Å². The second kappa shape index (κ2) is 6.50. The molecule has 19 heavy (non-hydrogen) atoms. The molecular weight excluding hydrogens is 260 g/mol. The van der Waals surface area contributed by atoms with Crippen molar-refractivity contribution >= 4 is 17.3 Å². The number of benzene rings is 1. The number of aliphatic hydroxyl groups excluding tert-OH is 1. The van der Waals surface area contributed by atoms with Crippen LogP contribution in [0.15, 0.2) is 47.2 Å². The number of methoxy groups -OCH3 is 1. The van der Waals surface area contributed by atoms with Crippen LogP contribution in [0.5, 0.6) is 0 Å². The first-order valence-electron chi connectivity index (χ1n) is 6.04. The lowest BCUT2D eigenvalue weighted by molar-refractivity contribution is -0.151. The van der Waals surface area contributed by atoms with Gasteiger partial charge in [-0.05, 0) is 34.4 Å². The van der Waals surface area contributed by atoms with Crippen molar-refractivity contribution in [3.63, 3.8) is 0 Å². The first-order valence-corrected chi connectivity index (χ1v) is 6.98. The lowest BCUT2D eigenvalue weighted by Gasteiger charge is -2.20. The Morgan fingerprint density at radius 2 is 2.05 bits per heavy atom. The number of thiophene rings is 1. The fourth-order valence-corrected chi connectivity index (χ4v) is 2.78. The van der Waals surface area contributed by atoms with Crippen molar-refractivity contribution in [2.24, 2.45) is 0 Å². The Balaban J connectivity index is 2.22. The summed E-state index contributed by atoms with van der Waals surface area (Å²) >= 11 is 1.55. The highest BCUT2D eigenvalue weighted by molar-refractivity contribution is 7.08. The molecule has 0 saturated carbocycles. The highest BCUT2D eigenvalue weighted by atomic mass is 32.1. The molecule has 2 aromatic rings. The van der Waals surface area contributed by atoms with E-state index in [0.717, 1.165) is 11.1 Å². The number of esters is 1. The molecule has 0 bridgehead atoms. The van der Waals surface area contributed by atoms with Gasteiger partial charge in [0.15, 0.2) is 6.10 Å². The van der Waals surface area contributed by atoms with Gasteiger partial charge >= 0.3 is 5.97 Å². The summed E-state index contributed by atoms with van der Waals surface area (Å²) in [5, 5.41) is 14.0. The third-order valence-electron chi connectivity index (χ3n) is 3.09. The van der Waals surface area contributed by atoms with Crippen LogP contribution in [0.2, 0.25) is 0 Å². The highest BCUT2D eigenvalue weighted by Crippen LogP contribution is 2.27. The van der Waals surface area contributed by atoms with Gasteiger partial charge in [-0.3, -0.25) is 0 Å². The normalized spacial score (nSPS) is 13.8. The summed E-state index contributed by atoms with van der Waals surface area (Å²) in [6, 6.07) is 11.8. The van der Waals surface area contributed by atoms with Gasteiger partial charge in [-0.15, -0.1) is 0 Å². The largest absolute Gasteiger partial charge is 0.467 e. The Morgan fingerprint density at radius 1 is 1.32 bits per heavy atom. The van der Waals surface area contributed by atoms with Gasteiger partial charge in [-0.25, -0.2) is 4.79 Å². The molecule has 2 rings (SSSR count). The molecule has 0 aliphatic rings. The van der Waals surface area contributed by atoms with E-state index < -0.39 is 12.1 Å². The standard InChI is InChI=1S/C15H16O3S/c1-18-15(17)14(16)13(12-7-8-19-10-12)9-11-5-3-2-4-6-11/h2-8,10,13-14,16H,9H2,1H3. The van der Waals surface area contributed by atoms with Crippen LogP contribution >= 0.6 is 11.3 Å². The molecule has 1 aromatic heterocycles. The molecular formula is C15H16O3S. The summed E-state index contributed by atoms with van der Waals surface area (Å²) in [6.45, 7) is 0. The second-order valence-corrected chi connectivity index (χ2v) is 5.10. The van der Waals surface area contributed by atoms with Crippen molar-refractivity contribution in [2.75, 3.05) is 7.11 Å². The molecule has 0 saturated heterocycles. The number of carbonyl (C=O) groups is 1. The van der Waals surface area contributed by atoms with Crippen molar-refractivity contribution < 1.29 is 14.6 Å². The molecule has 0 aliphatic carbocycles. The topological polar surface area (TPSA) is 46.5 Å². The Labute approximate surface area is 116 Å². The van der Waals surface area contributed by atoms with Crippen LogP contribution in [-0.2, 0) is 16.0 Å². The number of rotatable bonds is 5. The summed E-state index contributed by atoms with van der Waals surface area (Å²) in [5.41, 5.74) is 2.05. The quantitative estimate of drug-likeness (QED) is 0.854. The van der Waals surface area contributed by atoms with Crippen molar-refractivity contribution in [3.05, 3.63) is 58.3 Å². The minimum atomic E-state index is -1.14. The SMILES string of the molecule is COC(=O)C(O)C(Cc1ccccc1)c1ccsc1. The summed E-state index contributed by atoms with van der Waals surface area (Å²) in [5.74, 6) is -0.867. The minimum absolute atomic E-state index is 0.277. The zero-order valence-corrected chi connectivity index (χ0v) is 11.5. The van der Waals surface area contributed by atoms with Crippen LogP contribution in [0, 0.1) is 0 Å². The van der Waals surface area contributed by atoms with E-state index >= 15 is 0 Å². The maximum Gasteiger partial charge on any atom is 0.335 e. The van der Waals surface area contributed by atoms with Crippen molar-refractivity contribution in [2.45, 2.75) is 18.4 Å². The molecule has 4 heteroatoms. The molecule has 1 heterocycles. The molecule has 0 fully saturated rings. The van der Waals surface area contributed by atoms with Crippen molar-refractivity contribution in [1.82, 2.24) is 0 Å². The summed E-state index contributed by atoms with van der Waals surface area (Å²) in [4.78, 5) is 11.6. The smallest absolute Gasteiger partial charge is 0.335 e. The van der Waals surface area contributed by atoms with Crippen LogP contribution in [0.3, 0.4) is 0 Å². The van der Waals surface area contributed by atoms with Gasteiger partial charge in [0.25, 0.3) is 0 Å². The Bertz CT molecular complexity index is 507. The Kier molecular flexibility index (Phi) is 4.71. The fourth-order valence-electron chi connectivity index (χ4n) is 2.05. The van der Waals surface area contributed by atoms with Crippen molar-refractivity contribution in [1.29, 1.82) is 0 Å². The van der Waals surface area contributed by atoms with E-state index in [1.807, 2.05) is 47.2 Å². The fraction of sp³-hybridized carbons (Fsp3) is 0.267. The van der Waals surface area contributed by atoms with Gasteiger partial charge in [0, 0.05) is 5.92 Å². The number of hydrogen-bond donors (Lipinski definition) is 1. The minimum Gasteiger partial charge on any atom is -0.467 e. The summed E-state index contributed by atoms with van der Waals surface area (Å²) in [6.07, 6.45) is -0.534. The number of ether oxygens (including phenoxy) is 1. The maximum atomic E-state index is 11.6. The lowest BCUT2D eigenvalue weighted by atomic mass is 9.89. The van der Waals surface area contributed by atoms with E-state index in [1.54, 1.807) is 11.3 Å². The third kappa shape index (κ3) is 3.43. The van der Waals surface area contributed by atoms with E-state index in [-0.39, 0.29) is 5.92 Å². The Morgan fingerprint density at radius 3 is 2.63 bits per heavy atom. The molecule has 0 aliphatic heterocycles. The van der Waals surface area contributed by atoms with Gasteiger partial charge < -0.3 is 9.84 Å². The molecule has 0 amide bonds. The van der Waals surface area contributed by atoms with Crippen LogP contribution in [-0.4, -0.2) is 24.3 Å². The summed E-state index contributed by atoms with van der Waals surface area (Å²) in [7, 11) is 1.29. The van der Waals surface area contributed by atoms with E-state index in [4.69, 9.17) is 0 Å². The zero-order chi connectivity index (χ0) is 13.7. The average Bonchev–Trinajstić information content (AvgIpc) is 2.98. The molecule has 100 valence electrons. The molecule has 3 nitrogen and oxygen atoms in total. The Hall–Kier alpha value is -1.65. The lowest BCUT2D eigenvalue weighted by Crippen LogP contribution is -2.30. The average molecular weight is 276 g/mol. The van der Waals surface area contributed by atoms with E-state index in [2.05, 4.69) is 4.74 Å². The zero-order valence-electron chi connectivity index (χ0n) is 10.7. The van der Waals surface area contributed by atoms with Crippen LogP contribution in [0.4, 0.5) is 0 Å². The molecule has 1 aromatic carbocycles. The summed E-state index contributed by atoms with van der Waals surface area (Å²) < 4.78 is 4.64. The predicted molar refractivity (Wildman–Crippen MR) is 75.2 cm³/mol. The first kappa shape index (κ1) is 13.8. The maximum absolute atomic E-state index is 11.6. The third-order valence-corrected chi connectivity index (χ3v) is 3.80. The van der Waals surface area contributed by atoms with Crippen LogP contribution in [0.1, 0.15) is 17.0 Å². The molecule has 2 atom stereocenters. The van der Waals surface area contributed by atoms with E-state index in [0.29, 0.717) is 6.42 Å².